The molecule has 51 heavy (non-hydrogen) atoms. The normalized spacial score (nSPS) is 11.4. The maximum atomic E-state index is 14.1. The van der Waals surface area contributed by atoms with Crippen LogP contribution in [0.2, 0.25) is 0 Å². The average Bonchev–Trinajstić information content (AvgIpc) is 3.06. The third-order valence-corrected chi connectivity index (χ3v) is 7.72. The Morgan fingerprint density at radius 2 is 1.57 bits per heavy atom. The SMILES string of the molecule is CCOc1cc(C)c(CC)cc1-c1ccc(C(F)(F)F)cc1CN(Cc1cc(C#N)cc(C(F)(F)F)c1)c1ncc(OCCCC(=O)[O-])cn1.[Na+]. The number of carbonyl (C=O) groups is 1. The summed E-state index contributed by atoms with van der Waals surface area (Å²) in [6.07, 6.45) is -6.42. The number of nitrogens with zero attached hydrogens (tertiary/aromatic N) is 4. The van der Waals surface area contributed by atoms with Crippen LogP contribution < -0.4 is 49.0 Å². The van der Waals surface area contributed by atoms with Gasteiger partial charge in [0.1, 0.15) is 5.75 Å². The van der Waals surface area contributed by atoms with E-state index in [4.69, 9.17) is 9.47 Å². The number of carbonyl (C=O) groups excluding carboxylic acids is 1. The molecule has 0 aliphatic carbocycles. The number of nitriles is 1. The number of halogens is 6. The Labute approximate surface area is 313 Å². The molecule has 0 radical (unpaired) electrons. The molecule has 0 amide bonds. The summed E-state index contributed by atoms with van der Waals surface area (Å²) in [7, 11) is 0. The maximum absolute atomic E-state index is 14.1. The molecule has 0 aliphatic heterocycles. The van der Waals surface area contributed by atoms with Gasteiger partial charge in [-0.25, -0.2) is 9.97 Å². The van der Waals surface area contributed by atoms with Gasteiger partial charge in [-0.05, 0) is 103 Å². The van der Waals surface area contributed by atoms with Crippen molar-refractivity contribution in [3.63, 3.8) is 0 Å². The predicted octanol–water partition coefficient (Wildman–Crippen LogP) is 4.44. The number of aromatic nitrogens is 2. The smallest absolute Gasteiger partial charge is 0.550 e. The molecule has 1 heterocycles. The molecule has 3 aromatic carbocycles. The molecule has 8 nitrogen and oxygen atoms in total. The summed E-state index contributed by atoms with van der Waals surface area (Å²) in [6.45, 7) is 5.29. The molecule has 1 aromatic heterocycles. The second kappa shape index (κ2) is 17.7. The molecule has 0 bridgehead atoms. The van der Waals surface area contributed by atoms with E-state index in [1.807, 2.05) is 26.0 Å². The van der Waals surface area contributed by atoms with Gasteiger partial charge in [-0.3, -0.25) is 0 Å². The van der Waals surface area contributed by atoms with Crippen molar-refractivity contribution in [1.82, 2.24) is 9.97 Å². The van der Waals surface area contributed by atoms with Gasteiger partial charge in [0.15, 0.2) is 5.75 Å². The van der Waals surface area contributed by atoms with Gasteiger partial charge in [-0.15, -0.1) is 0 Å². The number of ether oxygens (including phenoxy) is 2. The number of hydrogen-bond acceptors (Lipinski definition) is 8. The summed E-state index contributed by atoms with van der Waals surface area (Å²) in [6, 6.07) is 11.5. The minimum absolute atomic E-state index is 0. The summed E-state index contributed by atoms with van der Waals surface area (Å²) in [4.78, 5) is 20.7. The zero-order valence-electron chi connectivity index (χ0n) is 28.4. The van der Waals surface area contributed by atoms with Gasteiger partial charge < -0.3 is 24.3 Å². The zero-order valence-corrected chi connectivity index (χ0v) is 30.4. The van der Waals surface area contributed by atoms with E-state index >= 15 is 0 Å². The van der Waals surface area contributed by atoms with Crippen LogP contribution in [0.3, 0.4) is 0 Å². The minimum atomic E-state index is -4.77. The summed E-state index contributed by atoms with van der Waals surface area (Å²) < 4.78 is 95.0. The van der Waals surface area contributed by atoms with Crippen LogP contribution in [0.1, 0.15) is 65.6 Å². The Hall–Kier alpha value is -4.32. The number of aliphatic carboxylic acids is 1. The van der Waals surface area contributed by atoms with Crippen LogP contribution in [-0.4, -0.2) is 29.2 Å². The van der Waals surface area contributed by atoms with Crippen molar-refractivity contribution in [2.24, 2.45) is 0 Å². The molecule has 4 rings (SSSR count). The molecule has 4 aromatic rings. The van der Waals surface area contributed by atoms with E-state index in [-0.39, 0.29) is 97.1 Å². The standard InChI is InChI=1S/C36H34F6N4O4.Na/c1-4-25-16-31(32(49-5-2)11-22(25)3)30-9-8-27(35(37,38)39)15-26(30)21-46(20-24-12-23(17-43)13-28(14-24)36(40,41)42)34-44-18-29(19-45-34)50-10-6-7-33(47)48;/h8-9,11-16,18-19H,4-7,10,20-21H2,1-3H3,(H,47,48);/q;+1/p-1. The number of hydrogen-bond donors (Lipinski definition) is 0. The number of anilines is 1. The fourth-order valence-electron chi connectivity index (χ4n) is 5.34. The fraction of sp³-hybridized carbons (Fsp3) is 0.333. The summed E-state index contributed by atoms with van der Waals surface area (Å²) >= 11 is 0. The largest absolute Gasteiger partial charge is 1.00 e. The first kappa shape index (κ1) is 41.1. The van der Waals surface area contributed by atoms with E-state index in [0.717, 1.165) is 29.3 Å². The van der Waals surface area contributed by atoms with Gasteiger partial charge >= 0.3 is 41.9 Å². The van der Waals surface area contributed by atoms with Crippen molar-refractivity contribution in [2.45, 2.75) is 65.5 Å². The maximum Gasteiger partial charge on any atom is 1.00 e. The first-order valence-electron chi connectivity index (χ1n) is 15.6. The van der Waals surface area contributed by atoms with Crippen molar-refractivity contribution >= 4 is 11.9 Å². The van der Waals surface area contributed by atoms with Gasteiger partial charge in [-0.2, -0.15) is 31.6 Å². The number of rotatable bonds is 14. The van der Waals surface area contributed by atoms with E-state index in [9.17, 15) is 41.5 Å². The van der Waals surface area contributed by atoms with Crippen LogP contribution in [0.4, 0.5) is 32.3 Å². The number of carboxylic acids is 1. The Balaban J connectivity index is 0.00000702. The quantitative estimate of drug-likeness (QED) is 0.107. The molecular formula is C36H33F6N4NaO4. The minimum Gasteiger partial charge on any atom is -0.550 e. The molecule has 0 N–H and O–H groups in total. The summed E-state index contributed by atoms with van der Waals surface area (Å²) in [5.41, 5.74) is 0.732. The van der Waals surface area contributed by atoms with Crippen molar-refractivity contribution in [3.8, 4) is 28.7 Å². The molecule has 264 valence electrons. The third kappa shape index (κ3) is 11.1. The van der Waals surface area contributed by atoms with E-state index in [1.54, 1.807) is 13.0 Å². The Morgan fingerprint density at radius 1 is 0.882 bits per heavy atom. The van der Waals surface area contributed by atoms with Crippen molar-refractivity contribution < 1.29 is 75.3 Å². The van der Waals surface area contributed by atoms with Crippen LogP contribution in [0.25, 0.3) is 11.1 Å². The second-order valence-corrected chi connectivity index (χ2v) is 11.4. The predicted molar refractivity (Wildman–Crippen MR) is 170 cm³/mol. The molecule has 0 fully saturated rings. The molecule has 0 saturated carbocycles. The molecule has 0 unspecified atom stereocenters. The third-order valence-electron chi connectivity index (χ3n) is 7.72. The second-order valence-electron chi connectivity index (χ2n) is 11.4. The Kier molecular flexibility index (Phi) is 14.3. The van der Waals surface area contributed by atoms with Gasteiger partial charge in [0.2, 0.25) is 5.95 Å². The molecule has 0 atom stereocenters. The van der Waals surface area contributed by atoms with Gasteiger partial charge in [0, 0.05) is 24.6 Å². The first-order valence-corrected chi connectivity index (χ1v) is 15.6. The van der Waals surface area contributed by atoms with Gasteiger partial charge in [-0.1, -0.05) is 13.0 Å². The van der Waals surface area contributed by atoms with E-state index < -0.39 is 29.4 Å². The Bertz CT molecular complexity index is 1860. The monoisotopic (exact) mass is 722 g/mol. The van der Waals surface area contributed by atoms with Crippen LogP contribution >= 0.6 is 0 Å². The number of alkyl halides is 6. The van der Waals surface area contributed by atoms with Crippen LogP contribution in [0.5, 0.6) is 11.5 Å². The number of aryl methyl sites for hydroxylation is 2. The fourth-order valence-corrected chi connectivity index (χ4v) is 5.34. The topological polar surface area (TPSA) is 111 Å². The van der Waals surface area contributed by atoms with Crippen molar-refractivity contribution in [1.29, 1.82) is 5.26 Å². The molecule has 0 spiro atoms. The van der Waals surface area contributed by atoms with E-state index in [2.05, 4.69) is 9.97 Å². The van der Waals surface area contributed by atoms with E-state index in [1.165, 1.54) is 29.4 Å². The van der Waals surface area contributed by atoms with Crippen LogP contribution in [0, 0.1) is 18.3 Å². The molecule has 0 aliphatic rings. The zero-order chi connectivity index (χ0) is 36.6. The molecule has 0 saturated heterocycles. The average molecular weight is 723 g/mol. The molecular weight excluding hydrogens is 689 g/mol. The number of carboxylic acid groups (broad SMARTS) is 1. The molecule has 15 heteroatoms. The van der Waals surface area contributed by atoms with Gasteiger partial charge in [0.05, 0.1) is 48.4 Å². The van der Waals surface area contributed by atoms with E-state index in [0.29, 0.717) is 29.4 Å². The summed E-state index contributed by atoms with van der Waals surface area (Å²) in [5, 5.41) is 20.2. The first-order chi connectivity index (χ1) is 23.6. The number of benzene rings is 3. The van der Waals surface area contributed by atoms with Gasteiger partial charge in [0.25, 0.3) is 0 Å². The van der Waals surface area contributed by atoms with Crippen molar-refractivity contribution in [2.75, 3.05) is 18.1 Å². The summed E-state index contributed by atoms with van der Waals surface area (Å²) in [5.74, 6) is -0.702. The van der Waals surface area contributed by atoms with Crippen molar-refractivity contribution in [3.05, 3.63) is 99.9 Å². The van der Waals surface area contributed by atoms with Crippen LogP contribution in [0.15, 0.2) is 60.9 Å². The Morgan fingerprint density at radius 3 is 2.16 bits per heavy atom. The van der Waals surface area contributed by atoms with Crippen LogP contribution in [-0.2, 0) is 36.7 Å².